The minimum absolute atomic E-state index is 0.717. The third-order valence-electron chi connectivity index (χ3n) is 4.53. The van der Waals surface area contributed by atoms with Crippen LogP contribution in [-0.4, -0.2) is 13.6 Å². The number of nitrogens with one attached hydrogen (secondary N) is 1. The molecule has 3 atom stereocenters. The molecule has 0 radical (unpaired) electrons. The summed E-state index contributed by atoms with van der Waals surface area (Å²) in [5.74, 6) is 2.30. The van der Waals surface area contributed by atoms with Crippen LogP contribution in [0.3, 0.4) is 0 Å². The van der Waals surface area contributed by atoms with Gasteiger partial charge < -0.3 is 5.32 Å². The molecular weight excluding hydrogens is 322 g/mol. The summed E-state index contributed by atoms with van der Waals surface area (Å²) in [7, 11) is 2.06. The van der Waals surface area contributed by atoms with Crippen LogP contribution in [0.2, 0.25) is 0 Å². The number of benzene rings is 2. The molecule has 0 aliphatic heterocycles. The molecule has 2 heteroatoms. The van der Waals surface area contributed by atoms with Gasteiger partial charge in [0.2, 0.25) is 0 Å². The summed E-state index contributed by atoms with van der Waals surface area (Å²) >= 11 is 3.58. The van der Waals surface area contributed by atoms with E-state index in [1.807, 2.05) is 0 Å². The molecule has 1 N–H and O–H groups in total. The van der Waals surface area contributed by atoms with E-state index < -0.39 is 0 Å². The second-order valence-electron chi connectivity index (χ2n) is 6.07. The highest BCUT2D eigenvalue weighted by Gasteiger charge is 2.43. The summed E-state index contributed by atoms with van der Waals surface area (Å²) in [4.78, 5) is 0. The van der Waals surface area contributed by atoms with Crippen LogP contribution < -0.4 is 5.32 Å². The number of rotatable bonds is 6. The topological polar surface area (TPSA) is 12.0 Å². The van der Waals surface area contributed by atoms with Gasteiger partial charge in [-0.1, -0.05) is 58.4 Å². The first kappa shape index (κ1) is 14.8. The minimum atomic E-state index is 0.717. The zero-order chi connectivity index (χ0) is 14.7. The molecule has 0 heterocycles. The van der Waals surface area contributed by atoms with E-state index >= 15 is 0 Å². The van der Waals surface area contributed by atoms with Crippen molar-refractivity contribution in [1.82, 2.24) is 5.32 Å². The van der Waals surface area contributed by atoms with Crippen LogP contribution >= 0.6 is 15.9 Å². The van der Waals surface area contributed by atoms with Crippen LogP contribution in [0.4, 0.5) is 0 Å². The van der Waals surface area contributed by atoms with E-state index in [0.717, 1.165) is 30.7 Å². The van der Waals surface area contributed by atoms with Gasteiger partial charge >= 0.3 is 0 Å². The Labute approximate surface area is 135 Å². The second-order valence-corrected chi connectivity index (χ2v) is 6.98. The molecule has 1 aliphatic carbocycles. The van der Waals surface area contributed by atoms with Crippen molar-refractivity contribution in [3.8, 4) is 0 Å². The molecule has 1 saturated carbocycles. The molecule has 1 aliphatic rings. The number of hydrogen-bond donors (Lipinski definition) is 1. The summed E-state index contributed by atoms with van der Waals surface area (Å²) in [5.41, 5.74) is 2.95. The first-order chi connectivity index (χ1) is 10.3. The van der Waals surface area contributed by atoms with Gasteiger partial charge in [-0.25, -0.2) is 0 Å². The van der Waals surface area contributed by atoms with E-state index in [1.165, 1.54) is 22.0 Å². The van der Waals surface area contributed by atoms with Crippen molar-refractivity contribution in [3.63, 3.8) is 0 Å². The van der Waals surface area contributed by atoms with E-state index in [0.29, 0.717) is 0 Å². The van der Waals surface area contributed by atoms with Gasteiger partial charge in [-0.3, -0.25) is 0 Å². The normalized spacial score (nSPS) is 22.0. The highest BCUT2D eigenvalue weighted by Crippen LogP contribution is 2.52. The predicted octanol–water partition coefficient (Wildman–Crippen LogP) is 4.63. The van der Waals surface area contributed by atoms with Gasteiger partial charge in [0.15, 0.2) is 0 Å². The van der Waals surface area contributed by atoms with Crippen molar-refractivity contribution in [2.24, 2.45) is 11.8 Å². The van der Waals surface area contributed by atoms with Gasteiger partial charge in [0.1, 0.15) is 0 Å². The molecule has 21 heavy (non-hydrogen) atoms. The summed E-state index contributed by atoms with van der Waals surface area (Å²) in [6, 6.07) is 19.7. The first-order valence-corrected chi connectivity index (χ1v) is 8.51. The van der Waals surface area contributed by atoms with Crippen LogP contribution in [0, 0.1) is 11.8 Å². The van der Waals surface area contributed by atoms with Crippen molar-refractivity contribution < 1.29 is 0 Å². The Morgan fingerprint density at radius 1 is 1.14 bits per heavy atom. The fraction of sp³-hybridized carbons (Fsp3) is 0.368. The summed E-state index contributed by atoms with van der Waals surface area (Å²) in [5, 5.41) is 3.38. The van der Waals surface area contributed by atoms with Gasteiger partial charge in [-0.05, 0) is 67.4 Å². The lowest BCUT2D eigenvalue weighted by atomic mass is 9.92. The first-order valence-electron chi connectivity index (χ1n) is 7.72. The largest absolute Gasteiger partial charge is 0.319 e. The lowest BCUT2D eigenvalue weighted by molar-refractivity contribution is 0.431. The van der Waals surface area contributed by atoms with Crippen molar-refractivity contribution in [2.75, 3.05) is 13.6 Å². The van der Waals surface area contributed by atoms with Crippen LogP contribution in [0.1, 0.15) is 23.5 Å². The molecular formula is C19H22BrN. The molecule has 0 amide bonds. The highest BCUT2D eigenvalue weighted by atomic mass is 79.9. The van der Waals surface area contributed by atoms with Gasteiger partial charge in [-0.15, -0.1) is 0 Å². The quantitative estimate of drug-likeness (QED) is 0.806. The van der Waals surface area contributed by atoms with Crippen molar-refractivity contribution in [2.45, 2.75) is 18.8 Å². The molecule has 0 spiro atoms. The van der Waals surface area contributed by atoms with Crippen LogP contribution in [0.25, 0.3) is 0 Å². The Morgan fingerprint density at radius 2 is 1.95 bits per heavy atom. The Bertz CT molecular complexity index is 581. The van der Waals surface area contributed by atoms with Gasteiger partial charge in [0.05, 0.1) is 0 Å². The lowest BCUT2D eigenvalue weighted by Gasteiger charge is -2.17. The third kappa shape index (κ3) is 3.75. The molecule has 110 valence electrons. The minimum Gasteiger partial charge on any atom is -0.319 e. The standard InChI is InChI=1S/C19H22BrN/c1-21-13-16(10-14-6-5-9-17(20)11-14)19-12-18(19)15-7-3-2-4-8-15/h2-9,11,16,18-19,21H,10,12-13H2,1H3. The van der Waals surface area contributed by atoms with E-state index in [2.05, 4.69) is 82.9 Å². The maximum absolute atomic E-state index is 3.58. The zero-order valence-electron chi connectivity index (χ0n) is 12.4. The SMILES string of the molecule is CNCC(Cc1cccc(Br)c1)C1CC1c1ccccc1. The average molecular weight is 344 g/mol. The molecule has 1 nitrogen and oxygen atoms in total. The Morgan fingerprint density at radius 3 is 2.67 bits per heavy atom. The molecule has 0 aromatic heterocycles. The third-order valence-corrected chi connectivity index (χ3v) is 5.02. The Kier molecular flexibility index (Phi) is 4.77. The molecule has 0 bridgehead atoms. The smallest absolute Gasteiger partial charge is 0.0177 e. The predicted molar refractivity (Wildman–Crippen MR) is 92.6 cm³/mol. The fourth-order valence-electron chi connectivity index (χ4n) is 3.42. The highest BCUT2D eigenvalue weighted by molar-refractivity contribution is 9.10. The van der Waals surface area contributed by atoms with Crippen LogP contribution in [-0.2, 0) is 6.42 Å². The van der Waals surface area contributed by atoms with Crippen LogP contribution in [0.15, 0.2) is 59.1 Å². The van der Waals surface area contributed by atoms with Gasteiger partial charge in [0, 0.05) is 4.47 Å². The fourth-order valence-corrected chi connectivity index (χ4v) is 3.87. The summed E-state index contributed by atoms with van der Waals surface area (Å²) < 4.78 is 1.18. The van der Waals surface area contributed by atoms with Gasteiger partial charge in [0.25, 0.3) is 0 Å². The Balaban J connectivity index is 1.69. The number of hydrogen-bond acceptors (Lipinski definition) is 1. The Hall–Kier alpha value is -1.12. The van der Waals surface area contributed by atoms with E-state index in [4.69, 9.17) is 0 Å². The molecule has 2 aromatic rings. The summed E-state index contributed by atoms with van der Waals surface area (Å²) in [6.07, 6.45) is 2.50. The molecule has 3 rings (SSSR count). The average Bonchev–Trinajstić information content (AvgIpc) is 3.28. The molecule has 1 fully saturated rings. The van der Waals surface area contributed by atoms with E-state index in [1.54, 1.807) is 0 Å². The van der Waals surface area contributed by atoms with Gasteiger partial charge in [-0.2, -0.15) is 0 Å². The summed E-state index contributed by atoms with van der Waals surface area (Å²) in [6.45, 7) is 1.10. The van der Waals surface area contributed by atoms with Crippen molar-refractivity contribution in [3.05, 3.63) is 70.2 Å². The van der Waals surface area contributed by atoms with Crippen molar-refractivity contribution >= 4 is 15.9 Å². The monoisotopic (exact) mass is 343 g/mol. The second kappa shape index (κ2) is 6.76. The van der Waals surface area contributed by atoms with Crippen molar-refractivity contribution in [1.29, 1.82) is 0 Å². The molecule has 3 unspecified atom stereocenters. The van der Waals surface area contributed by atoms with E-state index in [-0.39, 0.29) is 0 Å². The number of halogens is 1. The lowest BCUT2D eigenvalue weighted by Crippen LogP contribution is -2.23. The van der Waals surface area contributed by atoms with E-state index in [9.17, 15) is 0 Å². The zero-order valence-corrected chi connectivity index (χ0v) is 14.0. The molecule has 2 aromatic carbocycles. The maximum Gasteiger partial charge on any atom is 0.0177 e. The maximum atomic E-state index is 3.58. The van der Waals surface area contributed by atoms with Crippen LogP contribution in [0.5, 0.6) is 0 Å². The molecule has 0 saturated heterocycles.